The van der Waals surface area contributed by atoms with Gasteiger partial charge in [0.1, 0.15) is 5.75 Å². The fourth-order valence-electron chi connectivity index (χ4n) is 1.77. The highest BCUT2D eigenvalue weighted by atomic mass is 16.5. The van der Waals surface area contributed by atoms with E-state index in [0.29, 0.717) is 13.0 Å². The molecule has 106 valence electrons. The summed E-state index contributed by atoms with van der Waals surface area (Å²) >= 11 is 0. The molecular formula is C16H25NO2. The number of ether oxygens (including phenoxy) is 1. The van der Waals surface area contributed by atoms with Crippen LogP contribution in [0.1, 0.15) is 43.7 Å². The second kappa shape index (κ2) is 8.57. The standard InChI is InChI=1S/C16H25NO2/c1-4-5-10-17-16(18)7-6-11-19-15-12-13(2)8-9-14(15)3/h8-9,12H,4-7,10-11H2,1-3H3,(H,17,18). The molecule has 1 amide bonds. The van der Waals surface area contributed by atoms with Crippen LogP contribution in [0.2, 0.25) is 0 Å². The van der Waals surface area contributed by atoms with Crippen molar-refractivity contribution in [3.05, 3.63) is 29.3 Å². The van der Waals surface area contributed by atoms with Gasteiger partial charge in [-0.3, -0.25) is 4.79 Å². The van der Waals surface area contributed by atoms with E-state index in [2.05, 4.69) is 24.4 Å². The fraction of sp³-hybridized carbons (Fsp3) is 0.562. The van der Waals surface area contributed by atoms with Gasteiger partial charge in [0.2, 0.25) is 5.91 Å². The van der Waals surface area contributed by atoms with Gasteiger partial charge in [0.05, 0.1) is 6.61 Å². The van der Waals surface area contributed by atoms with Crippen molar-refractivity contribution in [3.8, 4) is 5.75 Å². The van der Waals surface area contributed by atoms with Crippen molar-refractivity contribution in [2.45, 2.75) is 46.5 Å². The highest BCUT2D eigenvalue weighted by Gasteiger charge is 2.02. The largest absolute Gasteiger partial charge is 0.493 e. The summed E-state index contributed by atoms with van der Waals surface area (Å²) in [7, 11) is 0. The van der Waals surface area contributed by atoms with Crippen LogP contribution in [-0.2, 0) is 4.79 Å². The van der Waals surface area contributed by atoms with Gasteiger partial charge in [0.15, 0.2) is 0 Å². The first-order valence-corrected chi connectivity index (χ1v) is 7.10. The van der Waals surface area contributed by atoms with E-state index in [-0.39, 0.29) is 5.91 Å². The zero-order chi connectivity index (χ0) is 14.1. The lowest BCUT2D eigenvalue weighted by molar-refractivity contribution is -0.121. The van der Waals surface area contributed by atoms with E-state index in [1.54, 1.807) is 0 Å². The Morgan fingerprint density at radius 1 is 1.26 bits per heavy atom. The number of hydrogen-bond donors (Lipinski definition) is 1. The predicted molar refractivity (Wildman–Crippen MR) is 78.6 cm³/mol. The number of carbonyl (C=O) groups is 1. The lowest BCUT2D eigenvalue weighted by Gasteiger charge is -2.10. The Hall–Kier alpha value is -1.51. The third-order valence-corrected chi connectivity index (χ3v) is 3.00. The summed E-state index contributed by atoms with van der Waals surface area (Å²) < 4.78 is 5.71. The molecule has 3 heteroatoms. The van der Waals surface area contributed by atoms with Gasteiger partial charge in [-0.2, -0.15) is 0 Å². The number of nitrogens with one attached hydrogen (secondary N) is 1. The Bertz CT molecular complexity index is 402. The van der Waals surface area contributed by atoms with E-state index in [1.165, 1.54) is 5.56 Å². The van der Waals surface area contributed by atoms with E-state index >= 15 is 0 Å². The van der Waals surface area contributed by atoms with Gasteiger partial charge in [-0.15, -0.1) is 0 Å². The number of benzene rings is 1. The van der Waals surface area contributed by atoms with Crippen molar-refractivity contribution < 1.29 is 9.53 Å². The third kappa shape index (κ3) is 6.27. The van der Waals surface area contributed by atoms with Crippen LogP contribution in [0.3, 0.4) is 0 Å². The first-order valence-electron chi connectivity index (χ1n) is 7.10. The molecule has 0 fully saturated rings. The summed E-state index contributed by atoms with van der Waals surface area (Å²) in [5, 5.41) is 2.91. The van der Waals surface area contributed by atoms with Gasteiger partial charge in [-0.1, -0.05) is 25.5 Å². The number of rotatable bonds is 8. The number of aryl methyl sites for hydroxylation is 2. The van der Waals surface area contributed by atoms with Crippen molar-refractivity contribution in [2.24, 2.45) is 0 Å². The van der Waals surface area contributed by atoms with Gasteiger partial charge in [0.25, 0.3) is 0 Å². The molecule has 0 aliphatic rings. The summed E-state index contributed by atoms with van der Waals surface area (Å²) in [4.78, 5) is 11.5. The summed E-state index contributed by atoms with van der Waals surface area (Å²) in [6.07, 6.45) is 3.45. The van der Waals surface area contributed by atoms with Crippen LogP contribution in [0.4, 0.5) is 0 Å². The van der Waals surface area contributed by atoms with Crippen LogP contribution in [0.25, 0.3) is 0 Å². The molecule has 1 rings (SSSR count). The number of carbonyl (C=O) groups excluding carboxylic acids is 1. The highest BCUT2D eigenvalue weighted by Crippen LogP contribution is 2.19. The molecule has 1 N–H and O–H groups in total. The fourth-order valence-corrected chi connectivity index (χ4v) is 1.77. The second-order valence-corrected chi connectivity index (χ2v) is 4.92. The van der Waals surface area contributed by atoms with Crippen LogP contribution in [0, 0.1) is 13.8 Å². The van der Waals surface area contributed by atoms with Gasteiger partial charge in [0, 0.05) is 13.0 Å². The summed E-state index contributed by atoms with van der Waals surface area (Å²) in [5.41, 5.74) is 2.33. The summed E-state index contributed by atoms with van der Waals surface area (Å²) in [6.45, 7) is 7.57. The van der Waals surface area contributed by atoms with Crippen molar-refractivity contribution in [1.82, 2.24) is 5.32 Å². The molecule has 0 aromatic heterocycles. The molecule has 0 bridgehead atoms. The Morgan fingerprint density at radius 2 is 2.05 bits per heavy atom. The number of unbranched alkanes of at least 4 members (excludes halogenated alkanes) is 1. The number of amides is 1. The average Bonchev–Trinajstić information content (AvgIpc) is 2.39. The SMILES string of the molecule is CCCCNC(=O)CCCOc1cc(C)ccc1C. The lowest BCUT2D eigenvalue weighted by atomic mass is 10.1. The minimum absolute atomic E-state index is 0.123. The molecule has 0 unspecified atom stereocenters. The van der Waals surface area contributed by atoms with Crippen LogP contribution >= 0.6 is 0 Å². The first-order chi connectivity index (χ1) is 9.13. The van der Waals surface area contributed by atoms with Crippen molar-refractivity contribution in [1.29, 1.82) is 0 Å². The van der Waals surface area contributed by atoms with E-state index in [0.717, 1.165) is 37.1 Å². The van der Waals surface area contributed by atoms with Crippen LogP contribution in [0.15, 0.2) is 18.2 Å². The lowest BCUT2D eigenvalue weighted by Crippen LogP contribution is -2.24. The average molecular weight is 263 g/mol. The summed E-state index contributed by atoms with van der Waals surface area (Å²) in [5.74, 6) is 1.05. The van der Waals surface area contributed by atoms with E-state index in [4.69, 9.17) is 4.74 Å². The maximum Gasteiger partial charge on any atom is 0.220 e. The molecule has 3 nitrogen and oxygen atoms in total. The zero-order valence-electron chi connectivity index (χ0n) is 12.3. The number of hydrogen-bond acceptors (Lipinski definition) is 2. The van der Waals surface area contributed by atoms with Crippen LogP contribution in [0.5, 0.6) is 5.75 Å². The Balaban J connectivity index is 2.20. The second-order valence-electron chi connectivity index (χ2n) is 4.92. The molecule has 1 aromatic rings. The molecule has 0 atom stereocenters. The molecule has 0 radical (unpaired) electrons. The van der Waals surface area contributed by atoms with E-state index < -0.39 is 0 Å². The molecule has 1 aromatic carbocycles. The van der Waals surface area contributed by atoms with E-state index in [1.807, 2.05) is 19.9 Å². The molecule has 0 heterocycles. The molecule has 0 spiro atoms. The highest BCUT2D eigenvalue weighted by molar-refractivity contribution is 5.75. The molecular weight excluding hydrogens is 238 g/mol. The third-order valence-electron chi connectivity index (χ3n) is 3.00. The predicted octanol–water partition coefficient (Wildman–Crippen LogP) is 3.38. The van der Waals surface area contributed by atoms with E-state index in [9.17, 15) is 4.79 Å². The first kappa shape index (κ1) is 15.5. The monoisotopic (exact) mass is 263 g/mol. The van der Waals surface area contributed by atoms with Crippen LogP contribution < -0.4 is 10.1 Å². The van der Waals surface area contributed by atoms with Crippen molar-refractivity contribution >= 4 is 5.91 Å². The van der Waals surface area contributed by atoms with Gasteiger partial charge < -0.3 is 10.1 Å². The minimum Gasteiger partial charge on any atom is -0.493 e. The molecule has 0 aliphatic heterocycles. The normalized spacial score (nSPS) is 10.3. The quantitative estimate of drug-likeness (QED) is 0.730. The molecule has 0 saturated carbocycles. The Morgan fingerprint density at radius 3 is 2.79 bits per heavy atom. The topological polar surface area (TPSA) is 38.3 Å². The molecule has 0 saturated heterocycles. The van der Waals surface area contributed by atoms with Gasteiger partial charge >= 0.3 is 0 Å². The molecule has 0 aliphatic carbocycles. The van der Waals surface area contributed by atoms with Gasteiger partial charge in [-0.05, 0) is 43.9 Å². The Labute approximate surface area is 116 Å². The maximum absolute atomic E-state index is 11.5. The summed E-state index contributed by atoms with van der Waals surface area (Å²) in [6, 6.07) is 6.17. The Kier molecular flexibility index (Phi) is 7.01. The van der Waals surface area contributed by atoms with Gasteiger partial charge in [-0.25, -0.2) is 0 Å². The maximum atomic E-state index is 11.5. The molecule has 19 heavy (non-hydrogen) atoms. The van der Waals surface area contributed by atoms with Crippen molar-refractivity contribution in [2.75, 3.05) is 13.2 Å². The smallest absolute Gasteiger partial charge is 0.220 e. The minimum atomic E-state index is 0.123. The zero-order valence-corrected chi connectivity index (χ0v) is 12.3. The van der Waals surface area contributed by atoms with Crippen LogP contribution in [-0.4, -0.2) is 19.1 Å². The van der Waals surface area contributed by atoms with Crippen molar-refractivity contribution in [3.63, 3.8) is 0 Å².